The van der Waals surface area contributed by atoms with E-state index in [0.717, 1.165) is 10.9 Å². The Kier molecular flexibility index (Phi) is 5.11. The Morgan fingerprint density at radius 2 is 1.90 bits per heavy atom. The van der Waals surface area contributed by atoms with Crippen LogP contribution in [0.15, 0.2) is 29.2 Å². The van der Waals surface area contributed by atoms with E-state index in [1.54, 1.807) is 0 Å². The molecular formula is C16H24N2OS. The third-order valence-corrected chi connectivity index (χ3v) is 4.71. The van der Waals surface area contributed by atoms with Crippen molar-refractivity contribution in [3.63, 3.8) is 0 Å². The molecular weight excluding hydrogens is 268 g/mol. The van der Waals surface area contributed by atoms with Gasteiger partial charge < -0.3 is 11.1 Å². The minimum atomic E-state index is -0.470. The van der Waals surface area contributed by atoms with Gasteiger partial charge in [0.05, 0.1) is 0 Å². The van der Waals surface area contributed by atoms with Crippen LogP contribution in [0.4, 0.5) is 5.69 Å². The average Bonchev–Trinajstić information content (AvgIpc) is 2.82. The van der Waals surface area contributed by atoms with E-state index in [9.17, 15) is 4.79 Å². The fraction of sp³-hybridized carbons (Fsp3) is 0.562. The second kappa shape index (κ2) is 6.64. The Morgan fingerprint density at radius 3 is 2.45 bits per heavy atom. The van der Waals surface area contributed by atoms with Crippen molar-refractivity contribution < 1.29 is 4.79 Å². The summed E-state index contributed by atoms with van der Waals surface area (Å²) in [6.07, 6.45) is 5.70. The molecule has 20 heavy (non-hydrogen) atoms. The van der Waals surface area contributed by atoms with Crippen LogP contribution in [0.1, 0.15) is 46.0 Å². The van der Waals surface area contributed by atoms with Gasteiger partial charge in [-0.15, -0.1) is 11.8 Å². The molecule has 3 nitrogen and oxygen atoms in total. The molecule has 2 rings (SSSR count). The number of carbonyl (C=O) groups excluding carboxylic acids is 1. The average molecular weight is 292 g/mol. The lowest BCUT2D eigenvalue weighted by Gasteiger charge is -2.17. The maximum absolute atomic E-state index is 11.8. The third-order valence-electron chi connectivity index (χ3n) is 3.36. The Morgan fingerprint density at radius 1 is 1.30 bits per heavy atom. The molecule has 1 fully saturated rings. The highest BCUT2D eigenvalue weighted by atomic mass is 32.2. The van der Waals surface area contributed by atoms with E-state index < -0.39 is 5.54 Å². The summed E-state index contributed by atoms with van der Waals surface area (Å²) in [7, 11) is 0. The molecule has 0 unspecified atom stereocenters. The van der Waals surface area contributed by atoms with E-state index in [0.29, 0.717) is 6.42 Å². The van der Waals surface area contributed by atoms with Crippen LogP contribution in [0, 0.1) is 0 Å². The van der Waals surface area contributed by atoms with Crippen molar-refractivity contribution in [2.45, 2.75) is 61.6 Å². The number of hydrogen-bond donors (Lipinski definition) is 2. The molecule has 1 saturated carbocycles. The molecule has 0 spiro atoms. The molecule has 0 heterocycles. The molecule has 1 aliphatic rings. The quantitative estimate of drug-likeness (QED) is 0.868. The van der Waals surface area contributed by atoms with Gasteiger partial charge in [-0.1, -0.05) is 12.8 Å². The normalized spacial score (nSPS) is 16.4. The molecule has 0 saturated heterocycles. The summed E-state index contributed by atoms with van der Waals surface area (Å²) in [6, 6.07) is 8.12. The fourth-order valence-electron chi connectivity index (χ4n) is 2.43. The minimum absolute atomic E-state index is 0.0336. The van der Waals surface area contributed by atoms with E-state index in [4.69, 9.17) is 5.73 Å². The Bertz CT molecular complexity index is 445. The molecule has 1 aromatic rings. The first-order valence-corrected chi connectivity index (χ1v) is 8.16. The van der Waals surface area contributed by atoms with Gasteiger partial charge in [0.1, 0.15) is 0 Å². The van der Waals surface area contributed by atoms with Crippen molar-refractivity contribution >= 4 is 23.4 Å². The maximum atomic E-state index is 11.8. The third kappa shape index (κ3) is 5.17. The number of hydrogen-bond acceptors (Lipinski definition) is 3. The number of anilines is 1. The summed E-state index contributed by atoms with van der Waals surface area (Å²) in [5.41, 5.74) is 6.21. The number of rotatable bonds is 5. The number of nitrogens with one attached hydrogen (secondary N) is 1. The van der Waals surface area contributed by atoms with Crippen LogP contribution in [0.5, 0.6) is 0 Å². The molecule has 0 atom stereocenters. The second-order valence-electron chi connectivity index (χ2n) is 6.26. The van der Waals surface area contributed by atoms with Gasteiger partial charge in [0.15, 0.2) is 0 Å². The predicted molar refractivity (Wildman–Crippen MR) is 86.1 cm³/mol. The Balaban J connectivity index is 1.86. The van der Waals surface area contributed by atoms with Gasteiger partial charge in [-0.2, -0.15) is 0 Å². The minimum Gasteiger partial charge on any atom is -0.326 e. The summed E-state index contributed by atoms with van der Waals surface area (Å²) >= 11 is 1.96. The number of benzene rings is 1. The Hall–Kier alpha value is -1.00. The van der Waals surface area contributed by atoms with Crippen molar-refractivity contribution in [1.82, 2.24) is 0 Å². The summed E-state index contributed by atoms with van der Waals surface area (Å²) in [5.74, 6) is -0.0336. The molecule has 1 amide bonds. The molecule has 0 aliphatic heterocycles. The van der Waals surface area contributed by atoms with Gasteiger partial charge in [0, 0.05) is 27.8 Å². The summed E-state index contributed by atoms with van der Waals surface area (Å²) in [4.78, 5) is 13.1. The van der Waals surface area contributed by atoms with Crippen molar-refractivity contribution in [2.75, 3.05) is 5.32 Å². The van der Waals surface area contributed by atoms with Crippen LogP contribution in [-0.2, 0) is 4.79 Å². The largest absolute Gasteiger partial charge is 0.326 e. The van der Waals surface area contributed by atoms with Gasteiger partial charge in [-0.05, 0) is 51.0 Å². The molecule has 1 aromatic carbocycles. The standard InChI is InChI=1S/C16H24N2OS/c1-16(2,17)11-15(19)18-12-7-9-14(10-8-12)20-13-5-3-4-6-13/h7-10,13H,3-6,11,17H2,1-2H3,(H,18,19). The topological polar surface area (TPSA) is 55.1 Å². The number of carbonyl (C=O) groups is 1. The molecule has 110 valence electrons. The molecule has 0 bridgehead atoms. The predicted octanol–water partition coefficient (Wildman–Crippen LogP) is 3.79. The lowest BCUT2D eigenvalue weighted by Crippen LogP contribution is -2.36. The Labute approximate surface area is 125 Å². The van der Waals surface area contributed by atoms with Gasteiger partial charge in [0.25, 0.3) is 0 Å². The summed E-state index contributed by atoms with van der Waals surface area (Å²) in [5, 5.41) is 3.66. The first-order chi connectivity index (χ1) is 9.42. The lowest BCUT2D eigenvalue weighted by molar-refractivity contribution is -0.117. The first-order valence-electron chi connectivity index (χ1n) is 7.28. The SMILES string of the molecule is CC(C)(N)CC(=O)Nc1ccc(SC2CCCC2)cc1. The van der Waals surface area contributed by atoms with E-state index in [2.05, 4.69) is 17.4 Å². The van der Waals surface area contributed by atoms with Crippen molar-refractivity contribution in [3.05, 3.63) is 24.3 Å². The van der Waals surface area contributed by atoms with Crippen LogP contribution >= 0.6 is 11.8 Å². The monoisotopic (exact) mass is 292 g/mol. The van der Waals surface area contributed by atoms with E-state index in [1.165, 1.54) is 30.6 Å². The smallest absolute Gasteiger partial charge is 0.226 e. The zero-order chi connectivity index (χ0) is 14.6. The second-order valence-corrected chi connectivity index (χ2v) is 7.64. The maximum Gasteiger partial charge on any atom is 0.226 e. The zero-order valence-corrected chi connectivity index (χ0v) is 13.1. The molecule has 0 radical (unpaired) electrons. The highest BCUT2D eigenvalue weighted by molar-refractivity contribution is 8.00. The van der Waals surface area contributed by atoms with Crippen molar-refractivity contribution in [3.8, 4) is 0 Å². The fourth-order valence-corrected chi connectivity index (χ4v) is 3.68. The summed E-state index contributed by atoms with van der Waals surface area (Å²) < 4.78 is 0. The van der Waals surface area contributed by atoms with Crippen LogP contribution in [0.25, 0.3) is 0 Å². The first kappa shape index (κ1) is 15.4. The van der Waals surface area contributed by atoms with E-state index in [1.807, 2.05) is 37.7 Å². The zero-order valence-electron chi connectivity index (χ0n) is 12.3. The molecule has 4 heteroatoms. The van der Waals surface area contributed by atoms with Gasteiger partial charge in [-0.3, -0.25) is 4.79 Å². The van der Waals surface area contributed by atoms with Crippen LogP contribution in [0.3, 0.4) is 0 Å². The lowest BCUT2D eigenvalue weighted by atomic mass is 10.0. The van der Waals surface area contributed by atoms with Gasteiger partial charge in [-0.25, -0.2) is 0 Å². The highest BCUT2D eigenvalue weighted by Crippen LogP contribution is 2.34. The molecule has 0 aromatic heterocycles. The van der Waals surface area contributed by atoms with Crippen molar-refractivity contribution in [1.29, 1.82) is 0 Å². The van der Waals surface area contributed by atoms with Crippen LogP contribution in [0.2, 0.25) is 0 Å². The number of nitrogens with two attached hydrogens (primary N) is 1. The van der Waals surface area contributed by atoms with E-state index in [-0.39, 0.29) is 5.91 Å². The summed E-state index contributed by atoms with van der Waals surface area (Å²) in [6.45, 7) is 3.71. The highest BCUT2D eigenvalue weighted by Gasteiger charge is 2.17. The number of thioether (sulfide) groups is 1. The van der Waals surface area contributed by atoms with Crippen LogP contribution < -0.4 is 11.1 Å². The van der Waals surface area contributed by atoms with Gasteiger partial charge in [0.2, 0.25) is 5.91 Å². The van der Waals surface area contributed by atoms with Crippen molar-refractivity contribution in [2.24, 2.45) is 5.73 Å². The molecule has 1 aliphatic carbocycles. The molecule has 3 N–H and O–H groups in total. The van der Waals surface area contributed by atoms with Crippen LogP contribution in [-0.4, -0.2) is 16.7 Å². The van der Waals surface area contributed by atoms with Gasteiger partial charge >= 0.3 is 0 Å². The van der Waals surface area contributed by atoms with E-state index >= 15 is 0 Å². The number of amides is 1.